The SMILES string of the molecule is CC1=CC(C(=O)Nc2cc(F)ccc2N)=Cc2ccc(N3CCNCC3)cc2CC1. The van der Waals surface area contributed by atoms with E-state index in [0.29, 0.717) is 11.3 Å². The predicted octanol–water partition coefficient (Wildman–Crippen LogP) is 3.73. The van der Waals surface area contributed by atoms with Crippen molar-refractivity contribution in [2.75, 3.05) is 42.1 Å². The lowest BCUT2D eigenvalue weighted by Gasteiger charge is -2.30. The van der Waals surface area contributed by atoms with Crippen molar-refractivity contribution in [3.63, 3.8) is 0 Å². The molecular weight excluding hydrogens is 379 g/mol. The van der Waals surface area contributed by atoms with Crippen LogP contribution in [0.3, 0.4) is 0 Å². The zero-order valence-corrected chi connectivity index (χ0v) is 17.2. The molecule has 2 aromatic carbocycles. The number of amides is 1. The summed E-state index contributed by atoms with van der Waals surface area (Å²) in [6.45, 7) is 6.01. The van der Waals surface area contributed by atoms with Crippen LogP contribution in [-0.4, -0.2) is 32.1 Å². The number of hydrogen-bond donors (Lipinski definition) is 3. The predicted molar refractivity (Wildman–Crippen MR) is 121 cm³/mol. The molecule has 0 radical (unpaired) electrons. The fourth-order valence-corrected chi connectivity index (χ4v) is 3.91. The van der Waals surface area contributed by atoms with E-state index in [1.807, 2.05) is 19.1 Å². The average molecular weight is 407 g/mol. The fourth-order valence-electron chi connectivity index (χ4n) is 3.91. The molecule has 4 rings (SSSR count). The number of nitrogens with zero attached hydrogens (tertiary/aromatic N) is 1. The first-order valence-corrected chi connectivity index (χ1v) is 10.3. The first-order valence-electron chi connectivity index (χ1n) is 10.3. The number of carbonyl (C=O) groups excluding carboxylic acids is 1. The quantitative estimate of drug-likeness (QED) is 0.680. The third-order valence-corrected chi connectivity index (χ3v) is 5.64. The summed E-state index contributed by atoms with van der Waals surface area (Å²) in [5.41, 5.74) is 11.7. The van der Waals surface area contributed by atoms with Gasteiger partial charge < -0.3 is 21.3 Å². The van der Waals surface area contributed by atoms with Crippen molar-refractivity contribution in [3.05, 3.63) is 70.6 Å². The van der Waals surface area contributed by atoms with Gasteiger partial charge in [0.05, 0.1) is 11.4 Å². The molecule has 2 aromatic rings. The van der Waals surface area contributed by atoms with Crippen LogP contribution in [0.2, 0.25) is 0 Å². The van der Waals surface area contributed by atoms with Gasteiger partial charge in [0.2, 0.25) is 0 Å². The monoisotopic (exact) mass is 406 g/mol. The topological polar surface area (TPSA) is 70.4 Å². The van der Waals surface area contributed by atoms with Crippen LogP contribution in [-0.2, 0) is 11.2 Å². The number of aryl methyl sites for hydroxylation is 1. The number of rotatable bonds is 3. The van der Waals surface area contributed by atoms with Gasteiger partial charge in [-0.1, -0.05) is 17.7 Å². The van der Waals surface area contributed by atoms with Gasteiger partial charge in [-0.15, -0.1) is 0 Å². The van der Waals surface area contributed by atoms with E-state index in [9.17, 15) is 9.18 Å². The lowest BCUT2D eigenvalue weighted by atomic mass is 9.93. The molecule has 0 aromatic heterocycles. The fraction of sp³-hybridized carbons (Fsp3) is 0.292. The van der Waals surface area contributed by atoms with Gasteiger partial charge in [0.15, 0.2) is 0 Å². The van der Waals surface area contributed by atoms with Crippen LogP contribution in [0.1, 0.15) is 24.5 Å². The largest absolute Gasteiger partial charge is 0.397 e. The minimum atomic E-state index is -0.441. The number of benzene rings is 2. The molecule has 1 heterocycles. The third-order valence-electron chi connectivity index (χ3n) is 5.64. The van der Waals surface area contributed by atoms with Gasteiger partial charge in [-0.2, -0.15) is 0 Å². The molecule has 156 valence electrons. The highest BCUT2D eigenvalue weighted by Gasteiger charge is 2.16. The maximum atomic E-state index is 13.6. The molecule has 6 heteroatoms. The van der Waals surface area contributed by atoms with Gasteiger partial charge >= 0.3 is 0 Å². The summed E-state index contributed by atoms with van der Waals surface area (Å²) in [5.74, 6) is -0.741. The second kappa shape index (κ2) is 8.71. The Balaban J connectivity index is 1.63. The Bertz CT molecular complexity index is 1020. The lowest BCUT2D eigenvalue weighted by molar-refractivity contribution is -0.112. The number of nitrogens with one attached hydrogen (secondary N) is 2. The van der Waals surface area contributed by atoms with Gasteiger partial charge in [-0.3, -0.25) is 4.79 Å². The number of carbonyl (C=O) groups is 1. The van der Waals surface area contributed by atoms with E-state index in [4.69, 9.17) is 5.73 Å². The second-order valence-electron chi connectivity index (χ2n) is 7.90. The number of nitrogens with two attached hydrogens (primary N) is 1. The van der Waals surface area contributed by atoms with Gasteiger partial charge in [-0.05, 0) is 67.3 Å². The van der Waals surface area contributed by atoms with E-state index < -0.39 is 5.82 Å². The molecular formula is C24H27FN4O. The first-order chi connectivity index (χ1) is 14.5. The summed E-state index contributed by atoms with van der Waals surface area (Å²) in [6, 6.07) is 10.4. The smallest absolute Gasteiger partial charge is 0.255 e. The zero-order chi connectivity index (χ0) is 21.1. The zero-order valence-electron chi connectivity index (χ0n) is 17.2. The van der Waals surface area contributed by atoms with Gasteiger partial charge in [-0.25, -0.2) is 4.39 Å². The second-order valence-corrected chi connectivity index (χ2v) is 7.90. The van der Waals surface area contributed by atoms with Crippen molar-refractivity contribution < 1.29 is 9.18 Å². The van der Waals surface area contributed by atoms with Crippen LogP contribution in [0.15, 0.2) is 53.6 Å². The van der Waals surface area contributed by atoms with Crippen molar-refractivity contribution in [1.82, 2.24) is 5.32 Å². The lowest BCUT2D eigenvalue weighted by Crippen LogP contribution is -2.43. The number of allylic oxidation sites excluding steroid dienone is 1. The third kappa shape index (κ3) is 4.54. The number of fused-ring (bicyclic) bond motifs is 1. The minimum absolute atomic E-state index is 0.281. The summed E-state index contributed by atoms with van der Waals surface area (Å²) in [5, 5.41) is 6.13. The van der Waals surface area contributed by atoms with Gasteiger partial charge in [0, 0.05) is 37.4 Å². The average Bonchev–Trinajstić information content (AvgIpc) is 2.74. The molecule has 0 unspecified atom stereocenters. The van der Waals surface area contributed by atoms with Crippen LogP contribution >= 0.6 is 0 Å². The minimum Gasteiger partial charge on any atom is -0.397 e. The maximum absolute atomic E-state index is 13.6. The standard InChI is InChI=1S/C24H27FN4O/c1-16-2-3-18-14-21(29-10-8-27-9-11-29)6-4-17(18)13-19(12-16)24(30)28-23-15-20(25)5-7-22(23)26/h4-7,12-15,27H,2-3,8-11,26H2,1H3,(H,28,30). The van der Waals surface area contributed by atoms with Crippen LogP contribution < -0.4 is 21.3 Å². The van der Waals surface area contributed by atoms with Crippen LogP contribution in [0, 0.1) is 5.82 Å². The van der Waals surface area contributed by atoms with Crippen molar-refractivity contribution >= 4 is 29.0 Å². The number of hydrogen-bond acceptors (Lipinski definition) is 4. The van der Waals surface area contributed by atoms with Crippen molar-refractivity contribution in [2.24, 2.45) is 0 Å². The molecule has 1 aliphatic heterocycles. The van der Waals surface area contributed by atoms with Crippen molar-refractivity contribution in [2.45, 2.75) is 19.8 Å². The Hall–Kier alpha value is -3.12. The number of halogens is 1. The molecule has 0 bridgehead atoms. The molecule has 30 heavy (non-hydrogen) atoms. The summed E-state index contributed by atoms with van der Waals surface area (Å²) in [7, 11) is 0. The summed E-state index contributed by atoms with van der Waals surface area (Å²) >= 11 is 0. The number of nitrogen functional groups attached to an aromatic ring is 1. The van der Waals surface area contributed by atoms with E-state index in [0.717, 1.165) is 50.2 Å². The molecule has 4 N–H and O–H groups in total. The van der Waals surface area contributed by atoms with Crippen LogP contribution in [0.4, 0.5) is 21.5 Å². The van der Waals surface area contributed by atoms with E-state index in [1.54, 1.807) is 0 Å². The molecule has 1 amide bonds. The first kappa shape index (κ1) is 20.2. The maximum Gasteiger partial charge on any atom is 0.255 e. The Morgan fingerprint density at radius 2 is 1.90 bits per heavy atom. The summed E-state index contributed by atoms with van der Waals surface area (Å²) in [6.07, 6.45) is 5.62. The Morgan fingerprint density at radius 1 is 1.10 bits per heavy atom. The molecule has 0 saturated carbocycles. The van der Waals surface area contributed by atoms with Crippen molar-refractivity contribution in [3.8, 4) is 0 Å². The molecule has 2 aliphatic rings. The van der Waals surface area contributed by atoms with E-state index in [1.165, 1.54) is 29.4 Å². The number of anilines is 3. The molecule has 1 fully saturated rings. The molecule has 1 aliphatic carbocycles. The summed E-state index contributed by atoms with van der Waals surface area (Å²) < 4.78 is 13.6. The highest BCUT2D eigenvalue weighted by Crippen LogP contribution is 2.28. The normalized spacial score (nSPS) is 16.7. The Kier molecular flexibility index (Phi) is 5.86. The van der Waals surface area contributed by atoms with Crippen molar-refractivity contribution in [1.29, 1.82) is 0 Å². The van der Waals surface area contributed by atoms with E-state index in [2.05, 4.69) is 33.7 Å². The molecule has 0 spiro atoms. The van der Waals surface area contributed by atoms with Gasteiger partial charge in [0.1, 0.15) is 5.82 Å². The molecule has 5 nitrogen and oxygen atoms in total. The molecule has 1 saturated heterocycles. The molecule has 0 atom stereocenters. The van der Waals surface area contributed by atoms with E-state index in [-0.39, 0.29) is 11.6 Å². The number of piperazine rings is 1. The summed E-state index contributed by atoms with van der Waals surface area (Å²) in [4.78, 5) is 15.3. The Morgan fingerprint density at radius 3 is 2.70 bits per heavy atom. The highest BCUT2D eigenvalue weighted by molar-refractivity contribution is 6.10. The van der Waals surface area contributed by atoms with Crippen LogP contribution in [0.25, 0.3) is 6.08 Å². The van der Waals surface area contributed by atoms with E-state index >= 15 is 0 Å². The Labute approximate surface area is 176 Å². The van der Waals surface area contributed by atoms with Crippen LogP contribution in [0.5, 0.6) is 0 Å². The highest BCUT2D eigenvalue weighted by atomic mass is 19.1. The van der Waals surface area contributed by atoms with Gasteiger partial charge in [0.25, 0.3) is 5.91 Å².